The Hall–Kier alpha value is -2.60. The number of hydrogen-bond acceptors (Lipinski definition) is 6. The van der Waals surface area contributed by atoms with Crippen molar-refractivity contribution in [1.29, 1.82) is 0 Å². The van der Waals surface area contributed by atoms with E-state index in [1.807, 2.05) is 0 Å². The molecule has 3 rings (SSSR count). The first-order chi connectivity index (χ1) is 13.3. The van der Waals surface area contributed by atoms with E-state index in [1.165, 1.54) is 4.68 Å². The van der Waals surface area contributed by atoms with Crippen LogP contribution in [0.3, 0.4) is 0 Å². The Morgan fingerprint density at radius 3 is 2.68 bits per heavy atom. The lowest BCUT2D eigenvalue weighted by Crippen LogP contribution is -2.37. The zero-order valence-electron chi connectivity index (χ0n) is 14.7. The van der Waals surface area contributed by atoms with Crippen LogP contribution < -0.4 is 5.32 Å². The highest BCUT2D eigenvalue weighted by atomic mass is 19.4. The Bertz CT molecular complexity index is 820. The maximum absolute atomic E-state index is 13.8. The number of nitrogens with zero attached hydrogens (tertiary/aromatic N) is 5. The zero-order valence-corrected chi connectivity index (χ0v) is 14.7. The fourth-order valence-electron chi connectivity index (χ4n) is 2.67. The van der Waals surface area contributed by atoms with Crippen molar-refractivity contribution >= 4 is 5.91 Å². The fourth-order valence-corrected chi connectivity index (χ4v) is 2.67. The van der Waals surface area contributed by atoms with E-state index in [2.05, 4.69) is 25.7 Å². The molecule has 1 aliphatic rings. The number of ether oxygens (including phenoxy) is 1. The topological polar surface area (TPSA) is 85.2 Å². The van der Waals surface area contributed by atoms with Crippen molar-refractivity contribution in [3.63, 3.8) is 0 Å². The van der Waals surface area contributed by atoms with Crippen molar-refractivity contribution < 1.29 is 27.1 Å². The maximum atomic E-state index is 13.8. The van der Waals surface area contributed by atoms with Gasteiger partial charge in [-0.3, -0.25) is 9.69 Å². The van der Waals surface area contributed by atoms with Crippen molar-refractivity contribution in [2.75, 3.05) is 26.3 Å². The summed E-state index contributed by atoms with van der Waals surface area (Å²) in [7, 11) is 0. The van der Waals surface area contributed by atoms with Gasteiger partial charge in [0.15, 0.2) is 5.82 Å². The number of carbonyl (C=O) groups is 1. The molecule has 152 valence electrons. The average Bonchev–Trinajstić information content (AvgIpc) is 3.07. The van der Waals surface area contributed by atoms with Crippen LogP contribution in [0.5, 0.6) is 0 Å². The van der Waals surface area contributed by atoms with Crippen LogP contribution in [0.4, 0.5) is 17.6 Å². The predicted octanol–water partition coefficient (Wildman–Crippen LogP) is 0.980. The van der Waals surface area contributed by atoms with Crippen LogP contribution in [0, 0.1) is 5.82 Å². The lowest BCUT2D eigenvalue weighted by atomic mass is 10.1. The first-order valence-electron chi connectivity index (χ1n) is 8.50. The normalized spacial score (nSPS) is 15.6. The van der Waals surface area contributed by atoms with Gasteiger partial charge in [0.25, 0.3) is 0 Å². The molecule has 12 heteroatoms. The first-order valence-corrected chi connectivity index (χ1v) is 8.50. The molecule has 28 heavy (non-hydrogen) atoms. The molecule has 1 N–H and O–H groups in total. The summed E-state index contributed by atoms with van der Waals surface area (Å²) in [5, 5.41) is 13.7. The summed E-state index contributed by atoms with van der Waals surface area (Å²) in [6.07, 6.45) is -4.63. The molecule has 1 saturated heterocycles. The minimum atomic E-state index is -4.63. The Kier molecular flexibility index (Phi) is 6.19. The van der Waals surface area contributed by atoms with Gasteiger partial charge in [-0.1, -0.05) is 6.07 Å². The van der Waals surface area contributed by atoms with Crippen LogP contribution in [-0.2, 0) is 35.3 Å². The molecule has 0 radical (unpaired) electrons. The van der Waals surface area contributed by atoms with E-state index >= 15 is 0 Å². The molecule has 1 fully saturated rings. The molecular formula is C16H18F4N6O2. The number of tetrazole rings is 1. The van der Waals surface area contributed by atoms with Gasteiger partial charge in [-0.15, -0.1) is 5.10 Å². The largest absolute Gasteiger partial charge is 0.416 e. The van der Waals surface area contributed by atoms with E-state index in [0.29, 0.717) is 31.6 Å². The van der Waals surface area contributed by atoms with E-state index in [0.717, 1.165) is 25.2 Å². The molecule has 0 spiro atoms. The van der Waals surface area contributed by atoms with Gasteiger partial charge in [-0.05, 0) is 22.6 Å². The highest BCUT2D eigenvalue weighted by Crippen LogP contribution is 2.30. The second kappa shape index (κ2) is 8.61. The van der Waals surface area contributed by atoms with Gasteiger partial charge in [-0.25, -0.2) is 9.07 Å². The third-order valence-electron chi connectivity index (χ3n) is 4.22. The highest BCUT2D eigenvalue weighted by Gasteiger charge is 2.31. The fraction of sp³-hybridized carbons (Fsp3) is 0.500. The molecule has 0 aliphatic carbocycles. The van der Waals surface area contributed by atoms with Crippen molar-refractivity contribution in [3.05, 3.63) is 41.0 Å². The second-order valence-electron chi connectivity index (χ2n) is 6.22. The number of amides is 1. The van der Waals surface area contributed by atoms with Gasteiger partial charge < -0.3 is 10.1 Å². The van der Waals surface area contributed by atoms with Gasteiger partial charge in [0, 0.05) is 25.2 Å². The Morgan fingerprint density at radius 1 is 1.25 bits per heavy atom. The Balaban J connectivity index is 1.54. The highest BCUT2D eigenvalue weighted by molar-refractivity contribution is 5.75. The lowest BCUT2D eigenvalue weighted by molar-refractivity contribution is -0.137. The molecule has 1 amide bonds. The average molecular weight is 402 g/mol. The Labute approximate surface area is 157 Å². The third-order valence-corrected chi connectivity index (χ3v) is 4.22. The number of benzene rings is 1. The van der Waals surface area contributed by atoms with E-state index < -0.39 is 23.5 Å². The molecule has 0 unspecified atom stereocenters. The van der Waals surface area contributed by atoms with Crippen molar-refractivity contribution in [2.45, 2.75) is 25.8 Å². The molecule has 2 heterocycles. The summed E-state index contributed by atoms with van der Waals surface area (Å²) >= 11 is 0. The predicted molar refractivity (Wildman–Crippen MR) is 87.2 cm³/mol. The molecule has 1 aromatic heterocycles. The zero-order chi connectivity index (χ0) is 20.1. The molecule has 0 saturated carbocycles. The standard InChI is InChI=1S/C16H18F4N6O2/c17-13-7-12(16(18,19)20)2-1-11(13)8-21-15(27)10-26-14(22-23-24-26)9-25-3-5-28-6-4-25/h1-2,7H,3-6,8-10H2,(H,21,27). The molecular weight excluding hydrogens is 384 g/mol. The Morgan fingerprint density at radius 2 is 2.00 bits per heavy atom. The lowest BCUT2D eigenvalue weighted by Gasteiger charge is -2.25. The number of halogens is 4. The number of carbonyl (C=O) groups excluding carboxylic acids is 1. The number of alkyl halides is 3. The monoisotopic (exact) mass is 402 g/mol. The summed E-state index contributed by atoms with van der Waals surface area (Å²) in [5.41, 5.74) is -1.13. The SMILES string of the molecule is O=C(Cn1nnnc1CN1CCOCC1)NCc1ccc(C(F)(F)F)cc1F. The number of morpholine rings is 1. The van der Waals surface area contributed by atoms with E-state index in [4.69, 9.17) is 4.74 Å². The van der Waals surface area contributed by atoms with Gasteiger partial charge >= 0.3 is 6.18 Å². The van der Waals surface area contributed by atoms with Gasteiger partial charge in [-0.2, -0.15) is 13.2 Å². The third kappa shape index (κ3) is 5.23. The van der Waals surface area contributed by atoms with Crippen LogP contribution in [0.15, 0.2) is 18.2 Å². The molecule has 2 aromatic rings. The van der Waals surface area contributed by atoms with E-state index in [-0.39, 0.29) is 18.7 Å². The summed E-state index contributed by atoms with van der Waals surface area (Å²) in [4.78, 5) is 14.2. The summed E-state index contributed by atoms with van der Waals surface area (Å²) in [6.45, 7) is 2.70. The molecule has 0 atom stereocenters. The van der Waals surface area contributed by atoms with E-state index in [1.54, 1.807) is 0 Å². The molecule has 1 aromatic carbocycles. The number of rotatable bonds is 6. The van der Waals surface area contributed by atoms with Crippen molar-refractivity contribution in [1.82, 2.24) is 30.4 Å². The van der Waals surface area contributed by atoms with E-state index in [9.17, 15) is 22.4 Å². The smallest absolute Gasteiger partial charge is 0.379 e. The van der Waals surface area contributed by atoms with Crippen LogP contribution in [0.1, 0.15) is 17.0 Å². The van der Waals surface area contributed by atoms with Crippen LogP contribution in [-0.4, -0.2) is 57.3 Å². The van der Waals surface area contributed by atoms with Crippen LogP contribution >= 0.6 is 0 Å². The summed E-state index contributed by atoms with van der Waals surface area (Å²) < 4.78 is 58.1. The quantitative estimate of drug-likeness (QED) is 0.726. The summed E-state index contributed by atoms with van der Waals surface area (Å²) in [6, 6.07) is 2.18. The van der Waals surface area contributed by atoms with Gasteiger partial charge in [0.1, 0.15) is 12.4 Å². The van der Waals surface area contributed by atoms with Crippen LogP contribution in [0.2, 0.25) is 0 Å². The summed E-state index contributed by atoms with van der Waals surface area (Å²) in [5.74, 6) is -1.03. The van der Waals surface area contributed by atoms with Crippen molar-refractivity contribution in [3.8, 4) is 0 Å². The van der Waals surface area contributed by atoms with Crippen LogP contribution in [0.25, 0.3) is 0 Å². The number of hydrogen-bond donors (Lipinski definition) is 1. The maximum Gasteiger partial charge on any atom is 0.416 e. The van der Waals surface area contributed by atoms with Gasteiger partial charge in [0.2, 0.25) is 5.91 Å². The van der Waals surface area contributed by atoms with Crippen molar-refractivity contribution in [2.24, 2.45) is 0 Å². The first kappa shape index (κ1) is 20.1. The van der Waals surface area contributed by atoms with Gasteiger partial charge in [0.05, 0.1) is 25.3 Å². The second-order valence-corrected chi connectivity index (χ2v) is 6.22. The number of aromatic nitrogens is 4. The minimum Gasteiger partial charge on any atom is -0.379 e. The molecule has 1 aliphatic heterocycles. The number of nitrogens with one attached hydrogen (secondary N) is 1. The minimum absolute atomic E-state index is 0.0494. The molecule has 0 bridgehead atoms. The molecule has 8 nitrogen and oxygen atoms in total.